The number of aryl methyl sites for hydroxylation is 1. The van der Waals surface area contributed by atoms with Crippen LogP contribution >= 0.6 is 0 Å². The van der Waals surface area contributed by atoms with Gasteiger partial charge in [-0.25, -0.2) is 0 Å². The smallest absolute Gasteiger partial charge is 0.221 e. The predicted octanol–water partition coefficient (Wildman–Crippen LogP) is 2.31. The number of rotatable bonds is 0. The highest BCUT2D eigenvalue weighted by atomic mass is 16.2. The van der Waals surface area contributed by atoms with Gasteiger partial charge in [-0.15, -0.1) is 0 Å². The molecular weight excluding hydrogens is 306 g/mol. The average Bonchev–Trinajstić information content (AvgIpc) is 2.94. The molecule has 0 heterocycles. The van der Waals surface area contributed by atoms with Crippen molar-refractivity contribution in [1.82, 2.24) is 0 Å². The molecule has 0 aliphatic heterocycles. The summed E-state index contributed by atoms with van der Waals surface area (Å²) in [5.74, 6) is -3.16. The van der Waals surface area contributed by atoms with Gasteiger partial charge in [0.2, 0.25) is 5.41 Å². The van der Waals surface area contributed by atoms with E-state index in [2.05, 4.69) is 0 Å². The van der Waals surface area contributed by atoms with Gasteiger partial charge >= 0.3 is 0 Å². The van der Waals surface area contributed by atoms with Crippen LogP contribution in [0.3, 0.4) is 0 Å². The van der Waals surface area contributed by atoms with Gasteiger partial charge in [0.25, 0.3) is 0 Å². The molecule has 4 rings (SSSR count). The Bertz CT molecular complexity index is 1060. The van der Waals surface area contributed by atoms with Crippen LogP contribution in [0.5, 0.6) is 0 Å². The Labute approximate surface area is 136 Å². The van der Waals surface area contributed by atoms with Gasteiger partial charge in [0, 0.05) is 22.3 Å². The largest absolute Gasteiger partial charge is 0.292 e. The first-order chi connectivity index (χ1) is 11.4. The van der Waals surface area contributed by atoms with Crippen molar-refractivity contribution in [3.05, 3.63) is 69.8 Å². The number of carbonyl (C=O) groups is 4. The van der Waals surface area contributed by atoms with Gasteiger partial charge in [0.15, 0.2) is 23.1 Å². The maximum absolute atomic E-state index is 12.9. The van der Waals surface area contributed by atoms with Crippen molar-refractivity contribution in [2.75, 3.05) is 0 Å². The quantitative estimate of drug-likeness (QED) is 0.696. The number of ketones is 4. The average molecular weight is 315 g/mol. The number of fused-ring (bicyclic) bond motifs is 2. The zero-order valence-corrected chi connectivity index (χ0v) is 12.5. The molecular formula is C19H9NO4. The Kier molecular flexibility index (Phi) is 2.56. The Hall–Kier alpha value is -3.39. The molecule has 5 heteroatoms. The molecule has 0 amide bonds. The third kappa shape index (κ3) is 1.38. The Morgan fingerprint density at radius 2 is 1.25 bits per heavy atom. The molecule has 1 spiro atoms. The number of hydrogen-bond donors (Lipinski definition) is 0. The number of hydrogen-bond acceptors (Lipinski definition) is 5. The Morgan fingerprint density at radius 3 is 1.83 bits per heavy atom. The van der Waals surface area contributed by atoms with Gasteiger partial charge in [0.1, 0.15) is 0 Å². The van der Waals surface area contributed by atoms with E-state index in [0.29, 0.717) is 0 Å². The van der Waals surface area contributed by atoms with Crippen molar-refractivity contribution in [2.45, 2.75) is 6.92 Å². The summed E-state index contributed by atoms with van der Waals surface area (Å²) in [6.07, 6.45) is 0. The predicted molar refractivity (Wildman–Crippen MR) is 82.1 cm³/mol. The van der Waals surface area contributed by atoms with Gasteiger partial charge in [0.05, 0.1) is 11.6 Å². The minimum Gasteiger partial charge on any atom is -0.292 e. The molecule has 2 aromatic carbocycles. The van der Waals surface area contributed by atoms with Crippen LogP contribution in [-0.2, 0) is 0 Å². The first-order valence-corrected chi connectivity index (χ1v) is 7.27. The van der Waals surface area contributed by atoms with E-state index < -0.39 is 28.5 Å². The first kappa shape index (κ1) is 14.2. The van der Waals surface area contributed by atoms with Crippen LogP contribution < -0.4 is 0 Å². The summed E-state index contributed by atoms with van der Waals surface area (Å²) >= 11 is 0. The Balaban J connectivity index is 2.00. The van der Waals surface area contributed by atoms with E-state index in [0.717, 1.165) is 5.56 Å². The molecule has 114 valence electrons. The van der Waals surface area contributed by atoms with Crippen LogP contribution in [0.15, 0.2) is 36.4 Å². The van der Waals surface area contributed by atoms with Crippen molar-refractivity contribution >= 4 is 23.1 Å². The SMILES string of the molecule is Cc1ccc2c(c1)C(=O)C1(C2=O)C(=O)c2ccc(C#N)cc2C1=O. The minimum atomic E-state index is -2.34. The lowest BCUT2D eigenvalue weighted by molar-refractivity contribution is 0.0586. The summed E-state index contributed by atoms with van der Waals surface area (Å²) in [7, 11) is 0. The number of nitrogens with zero attached hydrogens (tertiary/aromatic N) is 1. The van der Waals surface area contributed by atoms with Crippen LogP contribution in [0, 0.1) is 23.7 Å². The highest BCUT2D eigenvalue weighted by Gasteiger charge is 2.67. The van der Waals surface area contributed by atoms with E-state index in [4.69, 9.17) is 5.26 Å². The van der Waals surface area contributed by atoms with E-state index in [-0.39, 0.29) is 27.8 Å². The van der Waals surface area contributed by atoms with Crippen LogP contribution in [0.2, 0.25) is 0 Å². The molecule has 0 fully saturated rings. The number of nitriles is 1. The van der Waals surface area contributed by atoms with Gasteiger partial charge in [-0.05, 0) is 31.2 Å². The fourth-order valence-electron chi connectivity index (χ4n) is 3.47. The van der Waals surface area contributed by atoms with Crippen molar-refractivity contribution in [3.63, 3.8) is 0 Å². The highest BCUT2D eigenvalue weighted by Crippen LogP contribution is 2.47. The summed E-state index contributed by atoms with van der Waals surface area (Å²) in [6, 6.07) is 10.5. The summed E-state index contributed by atoms with van der Waals surface area (Å²) in [5.41, 5.74) is -1.20. The number of benzene rings is 2. The van der Waals surface area contributed by atoms with Gasteiger partial charge in [-0.3, -0.25) is 19.2 Å². The van der Waals surface area contributed by atoms with Crippen molar-refractivity contribution in [3.8, 4) is 6.07 Å². The van der Waals surface area contributed by atoms with Crippen LogP contribution in [0.4, 0.5) is 0 Å². The van der Waals surface area contributed by atoms with Crippen LogP contribution in [-0.4, -0.2) is 23.1 Å². The van der Waals surface area contributed by atoms with Crippen LogP contribution in [0.1, 0.15) is 52.6 Å². The zero-order valence-electron chi connectivity index (χ0n) is 12.5. The fraction of sp³-hybridized carbons (Fsp3) is 0.105. The molecule has 2 aromatic rings. The summed E-state index contributed by atoms with van der Waals surface area (Å²) < 4.78 is 0. The lowest BCUT2D eigenvalue weighted by atomic mass is 9.78. The molecule has 24 heavy (non-hydrogen) atoms. The molecule has 0 radical (unpaired) electrons. The third-order valence-corrected chi connectivity index (χ3v) is 4.66. The molecule has 0 saturated heterocycles. The number of carbonyl (C=O) groups excluding carboxylic acids is 4. The van der Waals surface area contributed by atoms with Crippen LogP contribution in [0.25, 0.3) is 0 Å². The van der Waals surface area contributed by atoms with Crippen molar-refractivity contribution in [2.24, 2.45) is 5.41 Å². The standard InChI is InChI=1S/C19H9NO4/c1-9-2-4-11-13(6-9)17(23)19(15(11)21)16(22)12-5-3-10(8-20)7-14(12)18(19)24/h2-7H,1H3. The van der Waals surface area contributed by atoms with Gasteiger partial charge in [-0.2, -0.15) is 5.26 Å². The highest BCUT2D eigenvalue weighted by molar-refractivity contribution is 6.56. The molecule has 0 aromatic heterocycles. The third-order valence-electron chi connectivity index (χ3n) is 4.66. The van der Waals surface area contributed by atoms with E-state index in [9.17, 15) is 19.2 Å². The maximum atomic E-state index is 12.9. The molecule has 0 N–H and O–H groups in total. The van der Waals surface area contributed by atoms with Gasteiger partial charge in [-0.1, -0.05) is 17.7 Å². The van der Waals surface area contributed by atoms with Gasteiger partial charge < -0.3 is 0 Å². The maximum Gasteiger partial charge on any atom is 0.221 e. The molecule has 2 aliphatic carbocycles. The minimum absolute atomic E-state index is 0.0187. The summed E-state index contributed by atoms with van der Waals surface area (Å²) in [5, 5.41) is 8.97. The summed E-state index contributed by atoms with van der Waals surface area (Å²) in [4.78, 5) is 51.5. The monoisotopic (exact) mass is 315 g/mol. The lowest BCUT2D eigenvalue weighted by Gasteiger charge is -2.14. The van der Waals surface area contributed by atoms with E-state index in [1.54, 1.807) is 13.0 Å². The zero-order chi connectivity index (χ0) is 17.2. The summed E-state index contributed by atoms with van der Waals surface area (Å²) in [6.45, 7) is 1.76. The topological polar surface area (TPSA) is 92.1 Å². The Morgan fingerprint density at radius 1 is 0.750 bits per heavy atom. The molecule has 5 nitrogen and oxygen atoms in total. The molecule has 2 aliphatic rings. The molecule has 0 bridgehead atoms. The second kappa shape index (κ2) is 4.33. The van der Waals surface area contributed by atoms with E-state index >= 15 is 0 Å². The second-order valence-electron chi connectivity index (χ2n) is 5.99. The molecule has 1 unspecified atom stereocenters. The first-order valence-electron chi connectivity index (χ1n) is 7.27. The van der Waals surface area contributed by atoms with E-state index in [1.807, 2.05) is 6.07 Å². The van der Waals surface area contributed by atoms with Crippen molar-refractivity contribution in [1.29, 1.82) is 5.26 Å². The number of Topliss-reactive ketones (excluding diaryl/α,β-unsaturated/α-hetero) is 4. The lowest BCUT2D eigenvalue weighted by Crippen LogP contribution is -2.44. The fourth-order valence-corrected chi connectivity index (χ4v) is 3.47. The van der Waals surface area contributed by atoms with E-state index in [1.165, 1.54) is 30.3 Å². The molecule has 0 saturated carbocycles. The second-order valence-corrected chi connectivity index (χ2v) is 5.99. The molecule has 1 atom stereocenters. The van der Waals surface area contributed by atoms with Crippen molar-refractivity contribution < 1.29 is 19.2 Å². The normalized spacial score (nSPS) is 21.2.